The van der Waals surface area contributed by atoms with E-state index in [-0.39, 0.29) is 6.04 Å². The molecular weight excluding hydrogens is 248 g/mol. The highest BCUT2D eigenvalue weighted by molar-refractivity contribution is 5.48. The van der Waals surface area contributed by atoms with Crippen molar-refractivity contribution in [3.63, 3.8) is 0 Å². The van der Waals surface area contributed by atoms with Crippen LogP contribution in [0.4, 0.5) is 5.69 Å². The largest absolute Gasteiger partial charge is 0.497 e. The standard InChI is InChI=1S/C17H22N2O/c1-19(16-8-10-17(20-2)11-9-16)13-15(18)12-14-6-4-3-5-7-14/h3-11,15H,12-13,18H2,1-2H3. The third kappa shape index (κ3) is 4.00. The number of benzene rings is 2. The Bertz CT molecular complexity index is 510. The molecule has 0 heterocycles. The molecule has 0 radical (unpaired) electrons. The number of ether oxygens (including phenoxy) is 1. The topological polar surface area (TPSA) is 38.5 Å². The molecule has 2 aromatic rings. The molecule has 0 aliphatic rings. The molecule has 0 amide bonds. The van der Waals surface area contributed by atoms with Crippen LogP contribution in [0.25, 0.3) is 0 Å². The van der Waals surface area contributed by atoms with Crippen molar-refractivity contribution in [3.05, 3.63) is 60.2 Å². The van der Waals surface area contributed by atoms with Crippen LogP contribution < -0.4 is 15.4 Å². The molecular formula is C17H22N2O. The first-order chi connectivity index (χ1) is 9.69. The van der Waals surface area contributed by atoms with Gasteiger partial charge in [0.05, 0.1) is 7.11 Å². The summed E-state index contributed by atoms with van der Waals surface area (Å²) in [6.45, 7) is 0.821. The summed E-state index contributed by atoms with van der Waals surface area (Å²) >= 11 is 0. The molecule has 3 nitrogen and oxygen atoms in total. The predicted octanol–water partition coefficient (Wildman–Crippen LogP) is 2.70. The van der Waals surface area contributed by atoms with E-state index in [1.54, 1.807) is 7.11 Å². The Kier molecular flexibility index (Phi) is 5.02. The van der Waals surface area contributed by atoms with Crippen molar-refractivity contribution in [3.8, 4) is 5.75 Å². The Hall–Kier alpha value is -2.00. The number of nitrogens with two attached hydrogens (primary N) is 1. The quantitative estimate of drug-likeness (QED) is 0.877. The molecule has 1 atom stereocenters. The molecule has 0 bridgehead atoms. The van der Waals surface area contributed by atoms with Gasteiger partial charge in [-0.3, -0.25) is 0 Å². The van der Waals surface area contributed by atoms with Gasteiger partial charge in [0.1, 0.15) is 5.75 Å². The van der Waals surface area contributed by atoms with Gasteiger partial charge in [0.25, 0.3) is 0 Å². The summed E-state index contributed by atoms with van der Waals surface area (Å²) in [5.74, 6) is 0.871. The van der Waals surface area contributed by atoms with Crippen LogP contribution in [0.3, 0.4) is 0 Å². The van der Waals surface area contributed by atoms with E-state index in [0.717, 1.165) is 24.4 Å². The highest BCUT2D eigenvalue weighted by atomic mass is 16.5. The summed E-state index contributed by atoms with van der Waals surface area (Å²) in [5, 5.41) is 0. The van der Waals surface area contributed by atoms with Gasteiger partial charge in [-0.25, -0.2) is 0 Å². The lowest BCUT2D eigenvalue weighted by molar-refractivity contribution is 0.415. The van der Waals surface area contributed by atoms with Crippen molar-refractivity contribution in [1.82, 2.24) is 0 Å². The number of methoxy groups -OCH3 is 1. The fourth-order valence-corrected chi connectivity index (χ4v) is 2.28. The van der Waals surface area contributed by atoms with Crippen molar-refractivity contribution in [1.29, 1.82) is 0 Å². The molecule has 0 aliphatic heterocycles. The number of hydrogen-bond acceptors (Lipinski definition) is 3. The second-order valence-corrected chi connectivity index (χ2v) is 5.03. The van der Waals surface area contributed by atoms with E-state index < -0.39 is 0 Å². The van der Waals surface area contributed by atoms with Crippen LogP contribution in [-0.4, -0.2) is 26.7 Å². The van der Waals surface area contributed by atoms with Gasteiger partial charge in [0, 0.05) is 25.3 Å². The van der Waals surface area contributed by atoms with Crippen molar-refractivity contribution in [2.24, 2.45) is 5.73 Å². The van der Waals surface area contributed by atoms with Crippen molar-refractivity contribution in [2.75, 3.05) is 25.6 Å². The van der Waals surface area contributed by atoms with Gasteiger partial charge in [-0.2, -0.15) is 0 Å². The normalized spacial score (nSPS) is 11.9. The Labute approximate surface area is 121 Å². The molecule has 20 heavy (non-hydrogen) atoms. The molecule has 0 aliphatic carbocycles. The number of rotatable bonds is 6. The zero-order valence-electron chi connectivity index (χ0n) is 12.1. The molecule has 2 aromatic carbocycles. The smallest absolute Gasteiger partial charge is 0.119 e. The number of likely N-dealkylation sites (N-methyl/N-ethyl adjacent to an activating group) is 1. The number of hydrogen-bond donors (Lipinski definition) is 1. The number of anilines is 1. The van der Waals surface area contributed by atoms with Crippen molar-refractivity contribution < 1.29 is 4.74 Å². The molecule has 0 aromatic heterocycles. The zero-order chi connectivity index (χ0) is 14.4. The fraction of sp³-hybridized carbons (Fsp3) is 0.294. The second-order valence-electron chi connectivity index (χ2n) is 5.03. The molecule has 0 saturated heterocycles. The highest BCUT2D eigenvalue weighted by Gasteiger charge is 2.08. The van der Waals surface area contributed by atoms with Crippen LogP contribution >= 0.6 is 0 Å². The highest BCUT2D eigenvalue weighted by Crippen LogP contribution is 2.18. The van der Waals surface area contributed by atoms with E-state index in [0.29, 0.717) is 0 Å². The summed E-state index contributed by atoms with van der Waals surface area (Å²) in [7, 11) is 3.74. The maximum atomic E-state index is 6.23. The molecule has 3 heteroatoms. The van der Waals surface area contributed by atoms with Gasteiger partial charge in [-0.15, -0.1) is 0 Å². The molecule has 2 rings (SSSR count). The Morgan fingerprint density at radius 3 is 2.30 bits per heavy atom. The summed E-state index contributed by atoms with van der Waals surface area (Å²) in [4.78, 5) is 2.17. The van der Waals surface area contributed by atoms with Crippen LogP contribution in [0.2, 0.25) is 0 Å². The molecule has 106 valence electrons. The molecule has 0 fully saturated rings. The first-order valence-corrected chi connectivity index (χ1v) is 6.83. The van der Waals surface area contributed by atoms with Crippen molar-refractivity contribution in [2.45, 2.75) is 12.5 Å². The predicted molar refractivity (Wildman–Crippen MR) is 84.4 cm³/mol. The second kappa shape index (κ2) is 6.96. The Morgan fingerprint density at radius 1 is 1.05 bits per heavy atom. The van der Waals surface area contributed by atoms with Crippen LogP contribution in [0.15, 0.2) is 54.6 Å². The average Bonchev–Trinajstić information content (AvgIpc) is 2.48. The van der Waals surface area contributed by atoms with Gasteiger partial charge >= 0.3 is 0 Å². The molecule has 0 saturated carbocycles. The summed E-state index contributed by atoms with van der Waals surface area (Å²) in [5.41, 5.74) is 8.66. The fourth-order valence-electron chi connectivity index (χ4n) is 2.28. The van der Waals surface area contributed by atoms with E-state index in [2.05, 4.69) is 36.2 Å². The van der Waals surface area contributed by atoms with Crippen molar-refractivity contribution >= 4 is 5.69 Å². The molecule has 1 unspecified atom stereocenters. The number of nitrogens with zero attached hydrogens (tertiary/aromatic N) is 1. The van der Waals surface area contributed by atoms with E-state index in [1.807, 2.05) is 30.3 Å². The average molecular weight is 270 g/mol. The third-order valence-corrected chi connectivity index (χ3v) is 3.36. The first kappa shape index (κ1) is 14.4. The van der Waals surface area contributed by atoms with Gasteiger partial charge in [-0.1, -0.05) is 30.3 Å². The van der Waals surface area contributed by atoms with Crippen LogP contribution in [0.5, 0.6) is 5.75 Å². The van der Waals surface area contributed by atoms with E-state index in [1.165, 1.54) is 5.56 Å². The van der Waals surface area contributed by atoms with Gasteiger partial charge in [-0.05, 0) is 36.2 Å². The minimum atomic E-state index is 0.115. The van der Waals surface area contributed by atoms with Crippen LogP contribution in [0, 0.1) is 0 Å². The zero-order valence-corrected chi connectivity index (χ0v) is 12.1. The van der Waals surface area contributed by atoms with Crippen LogP contribution in [0.1, 0.15) is 5.56 Å². The van der Waals surface area contributed by atoms with Gasteiger partial charge < -0.3 is 15.4 Å². The molecule has 0 spiro atoms. The lowest BCUT2D eigenvalue weighted by Gasteiger charge is -2.23. The first-order valence-electron chi connectivity index (χ1n) is 6.83. The maximum Gasteiger partial charge on any atom is 0.119 e. The summed E-state index contributed by atoms with van der Waals surface area (Å²) < 4.78 is 5.17. The van der Waals surface area contributed by atoms with E-state index in [9.17, 15) is 0 Å². The minimum absolute atomic E-state index is 0.115. The SMILES string of the molecule is COc1ccc(N(C)CC(N)Cc2ccccc2)cc1. The minimum Gasteiger partial charge on any atom is -0.497 e. The van der Waals surface area contributed by atoms with E-state index >= 15 is 0 Å². The summed E-state index contributed by atoms with van der Waals surface area (Å²) in [6.07, 6.45) is 0.890. The lowest BCUT2D eigenvalue weighted by Crippen LogP contribution is -2.36. The van der Waals surface area contributed by atoms with Gasteiger partial charge in [0.2, 0.25) is 0 Å². The molecule has 2 N–H and O–H groups in total. The Balaban J connectivity index is 1.91. The summed E-state index contributed by atoms with van der Waals surface area (Å²) in [6, 6.07) is 18.5. The van der Waals surface area contributed by atoms with Crippen LogP contribution in [-0.2, 0) is 6.42 Å². The lowest BCUT2D eigenvalue weighted by atomic mass is 10.1. The maximum absolute atomic E-state index is 6.23. The Morgan fingerprint density at radius 2 is 1.70 bits per heavy atom. The monoisotopic (exact) mass is 270 g/mol. The van der Waals surface area contributed by atoms with Gasteiger partial charge in [0.15, 0.2) is 0 Å². The van der Waals surface area contributed by atoms with E-state index in [4.69, 9.17) is 10.5 Å². The third-order valence-electron chi connectivity index (χ3n) is 3.36.